The van der Waals surface area contributed by atoms with Crippen LogP contribution in [0.2, 0.25) is 5.02 Å². The molecule has 0 saturated heterocycles. The average Bonchev–Trinajstić information content (AvgIpc) is 2.37. The van der Waals surface area contributed by atoms with Crippen LogP contribution in [-0.2, 0) is 0 Å². The van der Waals surface area contributed by atoms with E-state index in [0.29, 0.717) is 16.6 Å². The predicted molar refractivity (Wildman–Crippen MR) is 74.5 cm³/mol. The Kier molecular flexibility index (Phi) is 4.43. The minimum atomic E-state index is -1.22. The normalized spacial score (nSPS) is 21.4. The Balaban J connectivity index is 2.12. The van der Waals surface area contributed by atoms with Crippen LogP contribution >= 0.6 is 11.6 Å². The first-order valence-corrected chi connectivity index (χ1v) is 6.76. The Bertz CT molecular complexity index is 514. The number of aromatic carboxylic acids is 1. The van der Waals surface area contributed by atoms with Gasteiger partial charge >= 0.3 is 0 Å². The summed E-state index contributed by atoms with van der Waals surface area (Å²) in [6.45, 7) is 2.21. The molecule has 0 unspecified atom stereocenters. The lowest BCUT2D eigenvalue weighted by molar-refractivity contribution is -0.255. The number of carbonyl (C=O) groups is 1. The van der Waals surface area contributed by atoms with Gasteiger partial charge in [0.05, 0.1) is 16.7 Å². The lowest BCUT2D eigenvalue weighted by Crippen LogP contribution is -2.22. The molecule has 0 aromatic heterocycles. The molecule has 1 aliphatic rings. The summed E-state index contributed by atoms with van der Waals surface area (Å²) in [6.07, 6.45) is 4.34. The van der Waals surface area contributed by atoms with Crippen molar-refractivity contribution >= 4 is 29.0 Å². The largest absolute Gasteiger partial charge is 0.545 e. The molecule has 1 aliphatic carbocycles. The van der Waals surface area contributed by atoms with Crippen molar-refractivity contribution in [3.05, 3.63) is 28.8 Å². The highest BCUT2D eigenvalue weighted by atomic mass is 35.5. The lowest BCUT2D eigenvalue weighted by Gasteiger charge is -2.19. The van der Waals surface area contributed by atoms with E-state index in [1.807, 2.05) is 0 Å². The number of nitrogens with one attached hydrogen (secondary N) is 1. The topological polar surface area (TPSA) is 64.5 Å². The van der Waals surface area contributed by atoms with Crippen molar-refractivity contribution in [2.45, 2.75) is 32.6 Å². The van der Waals surface area contributed by atoms with E-state index in [1.165, 1.54) is 24.6 Å². The minimum Gasteiger partial charge on any atom is -0.545 e. The van der Waals surface area contributed by atoms with Crippen LogP contribution in [-0.4, -0.2) is 11.7 Å². The van der Waals surface area contributed by atoms with Gasteiger partial charge < -0.3 is 9.90 Å². The molecular weight excluding hydrogens is 264 g/mol. The van der Waals surface area contributed by atoms with Gasteiger partial charge in [-0.2, -0.15) is 5.10 Å². The van der Waals surface area contributed by atoms with Crippen molar-refractivity contribution in [1.29, 1.82) is 0 Å². The summed E-state index contributed by atoms with van der Waals surface area (Å²) in [5, 5.41) is 15.6. The van der Waals surface area contributed by atoms with Crippen LogP contribution in [0.5, 0.6) is 0 Å². The number of hydrazone groups is 1. The molecule has 1 atom stereocenters. The summed E-state index contributed by atoms with van der Waals surface area (Å²) in [5.74, 6) is -0.571. The lowest BCUT2D eigenvalue weighted by atomic mass is 9.89. The molecule has 0 amide bonds. The van der Waals surface area contributed by atoms with Crippen molar-refractivity contribution < 1.29 is 9.90 Å². The van der Waals surface area contributed by atoms with Crippen LogP contribution in [0.1, 0.15) is 43.0 Å². The second kappa shape index (κ2) is 6.06. The van der Waals surface area contributed by atoms with E-state index in [0.717, 1.165) is 25.0 Å². The molecule has 4 nitrogen and oxygen atoms in total. The molecule has 5 heteroatoms. The summed E-state index contributed by atoms with van der Waals surface area (Å²) in [6, 6.07) is 4.38. The van der Waals surface area contributed by atoms with Gasteiger partial charge in [-0.1, -0.05) is 24.6 Å². The highest BCUT2D eigenvalue weighted by molar-refractivity contribution is 6.33. The Morgan fingerprint density at radius 1 is 1.53 bits per heavy atom. The monoisotopic (exact) mass is 279 g/mol. The van der Waals surface area contributed by atoms with Gasteiger partial charge in [-0.3, -0.25) is 5.43 Å². The first-order valence-electron chi connectivity index (χ1n) is 6.38. The average molecular weight is 280 g/mol. The summed E-state index contributed by atoms with van der Waals surface area (Å²) >= 11 is 6.00. The van der Waals surface area contributed by atoms with E-state index in [4.69, 9.17) is 11.6 Å². The molecule has 0 aliphatic heterocycles. The molecule has 1 N–H and O–H groups in total. The Hall–Kier alpha value is -1.55. The summed E-state index contributed by atoms with van der Waals surface area (Å²) in [5.41, 5.74) is 4.55. The minimum absolute atomic E-state index is 0.0871. The van der Waals surface area contributed by atoms with E-state index >= 15 is 0 Å². The van der Waals surface area contributed by atoms with Crippen LogP contribution in [0.4, 0.5) is 5.69 Å². The Morgan fingerprint density at radius 2 is 2.32 bits per heavy atom. The number of anilines is 1. The molecule has 2 rings (SSSR count). The fourth-order valence-electron chi connectivity index (χ4n) is 2.24. The standard InChI is InChI=1S/C14H17ClN2O2/c1-9-3-2-4-11(7-9)16-17-13-8-10(14(18)19)5-6-12(13)15/h5-6,8-9,17H,2-4,7H2,1H3,(H,18,19)/p-1/b16-11-/t9-/m0/s1. The first kappa shape index (κ1) is 13.9. The number of halogens is 1. The third kappa shape index (κ3) is 3.70. The van der Waals surface area contributed by atoms with Crippen LogP contribution in [0, 0.1) is 5.92 Å². The van der Waals surface area contributed by atoms with Crippen LogP contribution in [0.3, 0.4) is 0 Å². The zero-order chi connectivity index (χ0) is 13.8. The van der Waals surface area contributed by atoms with Crippen molar-refractivity contribution in [3.63, 3.8) is 0 Å². The molecule has 0 radical (unpaired) electrons. The zero-order valence-electron chi connectivity index (χ0n) is 10.8. The van der Waals surface area contributed by atoms with E-state index in [9.17, 15) is 9.90 Å². The number of nitrogens with zero attached hydrogens (tertiary/aromatic N) is 1. The van der Waals surface area contributed by atoms with E-state index < -0.39 is 5.97 Å². The van der Waals surface area contributed by atoms with Crippen molar-refractivity contribution in [1.82, 2.24) is 0 Å². The number of rotatable bonds is 3. The summed E-state index contributed by atoms with van der Waals surface area (Å²) in [4.78, 5) is 10.8. The SMILES string of the molecule is C[C@H]1CCC/C(=N/Nc2cc(C(=O)[O-])ccc2Cl)C1. The second-order valence-corrected chi connectivity index (χ2v) is 5.38. The van der Waals surface area contributed by atoms with Gasteiger partial charge in [0.15, 0.2) is 0 Å². The third-order valence-corrected chi connectivity index (χ3v) is 3.61. The number of carbonyl (C=O) groups excluding carboxylic acids is 1. The Morgan fingerprint density at radius 3 is 3.00 bits per heavy atom. The van der Waals surface area contributed by atoms with Gasteiger partial charge in [-0.15, -0.1) is 0 Å². The number of hydrogen-bond acceptors (Lipinski definition) is 4. The smallest absolute Gasteiger partial charge is 0.0754 e. The molecule has 1 saturated carbocycles. The van der Waals surface area contributed by atoms with E-state index in [1.54, 1.807) is 0 Å². The molecule has 102 valence electrons. The fourth-order valence-corrected chi connectivity index (χ4v) is 2.40. The maximum absolute atomic E-state index is 10.8. The third-order valence-electron chi connectivity index (χ3n) is 3.28. The zero-order valence-corrected chi connectivity index (χ0v) is 11.5. The molecule has 1 aromatic carbocycles. The number of benzene rings is 1. The van der Waals surface area contributed by atoms with Crippen LogP contribution < -0.4 is 10.5 Å². The summed E-state index contributed by atoms with van der Waals surface area (Å²) < 4.78 is 0. The Labute approximate surface area is 117 Å². The van der Waals surface area contributed by atoms with Gasteiger partial charge in [0.25, 0.3) is 0 Å². The maximum atomic E-state index is 10.8. The predicted octanol–water partition coefficient (Wildman–Crippen LogP) is 2.68. The maximum Gasteiger partial charge on any atom is 0.0754 e. The van der Waals surface area contributed by atoms with Crippen LogP contribution in [0.15, 0.2) is 23.3 Å². The van der Waals surface area contributed by atoms with Gasteiger partial charge in [-0.05, 0) is 49.3 Å². The first-order chi connectivity index (χ1) is 9.06. The highest BCUT2D eigenvalue weighted by Gasteiger charge is 2.14. The van der Waals surface area contributed by atoms with Crippen molar-refractivity contribution in [2.75, 3.05) is 5.43 Å². The quantitative estimate of drug-likeness (QED) is 0.865. The summed E-state index contributed by atoms with van der Waals surface area (Å²) in [7, 11) is 0. The molecule has 0 spiro atoms. The number of hydrogen-bond donors (Lipinski definition) is 1. The van der Waals surface area contributed by atoms with E-state index in [-0.39, 0.29) is 5.56 Å². The molecular formula is C14H16ClN2O2-. The van der Waals surface area contributed by atoms with Crippen molar-refractivity contribution in [2.24, 2.45) is 11.0 Å². The molecule has 0 bridgehead atoms. The van der Waals surface area contributed by atoms with Crippen LogP contribution in [0.25, 0.3) is 0 Å². The number of carboxylic acids is 1. The second-order valence-electron chi connectivity index (χ2n) is 4.97. The molecule has 19 heavy (non-hydrogen) atoms. The van der Waals surface area contributed by atoms with Gasteiger partial charge in [0.1, 0.15) is 0 Å². The van der Waals surface area contributed by atoms with Crippen molar-refractivity contribution in [3.8, 4) is 0 Å². The van der Waals surface area contributed by atoms with E-state index in [2.05, 4.69) is 17.5 Å². The highest BCUT2D eigenvalue weighted by Crippen LogP contribution is 2.25. The molecule has 1 aromatic rings. The van der Waals surface area contributed by atoms with Gasteiger partial charge in [0, 0.05) is 5.71 Å². The fraction of sp³-hybridized carbons (Fsp3) is 0.429. The molecule has 0 heterocycles. The number of carboxylic acid groups (broad SMARTS) is 1. The van der Waals surface area contributed by atoms with Gasteiger partial charge in [-0.25, -0.2) is 0 Å². The van der Waals surface area contributed by atoms with Gasteiger partial charge in [0.2, 0.25) is 0 Å². The molecule has 1 fully saturated rings.